The molecule has 2 aliphatic rings. The first-order chi connectivity index (χ1) is 8.02. The van der Waals surface area contributed by atoms with E-state index in [1.54, 1.807) is 0 Å². The lowest BCUT2D eigenvalue weighted by Crippen LogP contribution is -2.40. The lowest BCUT2D eigenvalue weighted by Gasteiger charge is -2.23. The molecule has 6 nitrogen and oxygen atoms in total. The Morgan fingerprint density at radius 3 is 2.59 bits per heavy atom. The Morgan fingerprint density at radius 1 is 1.29 bits per heavy atom. The molecule has 2 unspecified atom stereocenters. The van der Waals surface area contributed by atoms with E-state index in [-0.39, 0.29) is 26.0 Å². The van der Waals surface area contributed by atoms with Crippen LogP contribution in [0.4, 0.5) is 0 Å². The zero-order chi connectivity index (χ0) is 12.6. The fourth-order valence-corrected chi connectivity index (χ4v) is 2.12. The molecule has 17 heavy (non-hydrogen) atoms. The van der Waals surface area contributed by atoms with Crippen LogP contribution >= 0.6 is 0 Å². The molecule has 0 bridgehead atoms. The Bertz CT molecular complexity index is 263. The van der Waals surface area contributed by atoms with Crippen molar-refractivity contribution in [2.24, 2.45) is 0 Å². The first-order valence-corrected chi connectivity index (χ1v) is 5.96. The molecule has 0 radical (unpaired) electrons. The first-order valence-electron chi connectivity index (χ1n) is 5.96. The number of rotatable bonds is 2. The van der Waals surface area contributed by atoms with Crippen LogP contribution in [0.5, 0.6) is 0 Å². The normalized spacial score (nSPS) is 42.7. The third-order valence-electron chi connectivity index (χ3n) is 3.16. The molecule has 7 heteroatoms. The molecule has 0 aromatic carbocycles. The van der Waals surface area contributed by atoms with Gasteiger partial charge in [-0.25, -0.2) is 0 Å². The Kier molecular flexibility index (Phi) is 4.07. The van der Waals surface area contributed by atoms with Crippen LogP contribution in [0.25, 0.3) is 0 Å². The molecule has 0 aromatic rings. The number of hydrogen-bond donors (Lipinski definition) is 3. The summed E-state index contributed by atoms with van der Waals surface area (Å²) in [5.74, 6) is 0.181. The molecule has 98 valence electrons. The maximum atomic E-state index is 9.75. The first kappa shape index (κ1) is 13.3. The molecule has 2 rings (SSSR count). The molecule has 2 heterocycles. The molecule has 2 fully saturated rings. The standard InChI is InChI=1S/C10H19BO6/c1-5(2)11-16-7-3-6(13)9(14)8(4-12)15-10(7)17-11/h5-10,12-14H,3-4H2,1-2H3/t6?,7?,8-,9+,10-/m1/s1. The third-order valence-corrected chi connectivity index (χ3v) is 3.16. The second-order valence-corrected chi connectivity index (χ2v) is 4.94. The summed E-state index contributed by atoms with van der Waals surface area (Å²) in [6, 6.07) is 0. The molecular weight excluding hydrogens is 227 g/mol. The van der Waals surface area contributed by atoms with Crippen LogP contribution in [-0.2, 0) is 14.0 Å². The van der Waals surface area contributed by atoms with E-state index >= 15 is 0 Å². The molecule has 0 amide bonds. The van der Waals surface area contributed by atoms with Crippen LogP contribution in [0, 0.1) is 0 Å². The maximum Gasteiger partial charge on any atom is 0.461 e. The fourth-order valence-electron chi connectivity index (χ4n) is 2.12. The minimum atomic E-state index is -1.12. The fraction of sp³-hybridized carbons (Fsp3) is 1.00. The zero-order valence-electron chi connectivity index (χ0n) is 10.0. The monoisotopic (exact) mass is 246 g/mol. The minimum absolute atomic E-state index is 0.181. The van der Waals surface area contributed by atoms with E-state index in [4.69, 9.17) is 19.2 Å². The van der Waals surface area contributed by atoms with E-state index in [2.05, 4.69) is 0 Å². The van der Waals surface area contributed by atoms with Gasteiger partial charge < -0.3 is 29.4 Å². The van der Waals surface area contributed by atoms with E-state index in [9.17, 15) is 10.2 Å². The summed E-state index contributed by atoms with van der Waals surface area (Å²) in [5, 5.41) is 28.6. The summed E-state index contributed by atoms with van der Waals surface area (Å²) in [6.07, 6.45) is -3.72. The molecule has 5 atom stereocenters. The molecule has 3 N–H and O–H groups in total. The summed E-state index contributed by atoms with van der Waals surface area (Å²) < 4.78 is 16.6. The Hall–Kier alpha value is -0.175. The predicted molar refractivity (Wildman–Crippen MR) is 59.2 cm³/mol. The van der Waals surface area contributed by atoms with Crippen LogP contribution in [-0.4, -0.2) is 59.8 Å². The van der Waals surface area contributed by atoms with Crippen molar-refractivity contribution in [3.63, 3.8) is 0 Å². The molecule has 2 saturated heterocycles. The summed E-state index contributed by atoms with van der Waals surface area (Å²) in [5.41, 5.74) is 0. The lowest BCUT2D eigenvalue weighted by atomic mass is 9.75. The van der Waals surface area contributed by atoms with Crippen LogP contribution in [0.2, 0.25) is 5.82 Å². The van der Waals surface area contributed by atoms with Crippen LogP contribution in [0.15, 0.2) is 0 Å². The summed E-state index contributed by atoms with van der Waals surface area (Å²) in [4.78, 5) is 0. The maximum absolute atomic E-state index is 9.75. The van der Waals surface area contributed by atoms with Crippen molar-refractivity contribution in [1.29, 1.82) is 0 Å². The molecule has 0 aromatic heterocycles. The predicted octanol–water partition coefficient (Wildman–Crippen LogP) is -0.871. The number of aliphatic hydroxyl groups is 3. The summed E-state index contributed by atoms with van der Waals surface area (Å²) in [6.45, 7) is 3.56. The van der Waals surface area contributed by atoms with E-state index in [1.807, 2.05) is 13.8 Å². The highest BCUT2D eigenvalue weighted by atomic mass is 16.8. The van der Waals surface area contributed by atoms with Crippen molar-refractivity contribution in [2.45, 2.75) is 56.8 Å². The highest BCUT2D eigenvalue weighted by molar-refractivity contribution is 6.46. The lowest BCUT2D eigenvalue weighted by molar-refractivity contribution is -0.164. The van der Waals surface area contributed by atoms with Crippen molar-refractivity contribution in [3.05, 3.63) is 0 Å². The van der Waals surface area contributed by atoms with Gasteiger partial charge in [0.15, 0.2) is 6.29 Å². The molecule has 0 aliphatic carbocycles. The van der Waals surface area contributed by atoms with E-state index < -0.39 is 30.7 Å². The van der Waals surface area contributed by atoms with E-state index in [1.165, 1.54) is 0 Å². The highest BCUT2D eigenvalue weighted by Gasteiger charge is 2.48. The molecular formula is C10H19BO6. The van der Waals surface area contributed by atoms with Crippen molar-refractivity contribution in [1.82, 2.24) is 0 Å². The van der Waals surface area contributed by atoms with Crippen molar-refractivity contribution < 1.29 is 29.4 Å². The van der Waals surface area contributed by atoms with E-state index in [0.29, 0.717) is 0 Å². The quantitative estimate of drug-likeness (QED) is 0.549. The largest absolute Gasteiger partial charge is 0.461 e. The van der Waals surface area contributed by atoms with Gasteiger partial charge in [-0.15, -0.1) is 0 Å². The molecule has 2 aliphatic heterocycles. The van der Waals surface area contributed by atoms with Gasteiger partial charge in [-0.1, -0.05) is 13.8 Å². The van der Waals surface area contributed by atoms with Gasteiger partial charge in [0.25, 0.3) is 0 Å². The number of aliphatic hydroxyl groups excluding tert-OH is 3. The third kappa shape index (κ3) is 2.64. The average molecular weight is 246 g/mol. The SMILES string of the molecule is CC(C)B1OC2CC(O)[C@H](O)[C@@H](CO)O[C@@H]2O1. The van der Waals surface area contributed by atoms with Gasteiger partial charge in [0.2, 0.25) is 0 Å². The van der Waals surface area contributed by atoms with Gasteiger partial charge in [0.1, 0.15) is 12.2 Å². The Labute approximate surface area is 101 Å². The van der Waals surface area contributed by atoms with Crippen molar-refractivity contribution in [3.8, 4) is 0 Å². The van der Waals surface area contributed by atoms with Crippen molar-refractivity contribution in [2.75, 3.05) is 6.61 Å². The zero-order valence-corrected chi connectivity index (χ0v) is 10.0. The second kappa shape index (κ2) is 5.21. The van der Waals surface area contributed by atoms with Gasteiger partial charge in [-0.2, -0.15) is 0 Å². The van der Waals surface area contributed by atoms with Gasteiger partial charge in [-0.05, 0) is 5.82 Å². The van der Waals surface area contributed by atoms with Crippen LogP contribution in [0.1, 0.15) is 20.3 Å². The average Bonchev–Trinajstić information content (AvgIpc) is 2.63. The highest BCUT2D eigenvalue weighted by Crippen LogP contribution is 2.31. The summed E-state index contributed by atoms with van der Waals surface area (Å²) in [7, 11) is -0.369. The second-order valence-electron chi connectivity index (χ2n) is 4.94. The number of ether oxygens (including phenoxy) is 1. The van der Waals surface area contributed by atoms with Gasteiger partial charge >= 0.3 is 7.12 Å². The number of hydrogen-bond acceptors (Lipinski definition) is 6. The topological polar surface area (TPSA) is 88.4 Å². The smallest absolute Gasteiger partial charge is 0.403 e. The van der Waals surface area contributed by atoms with E-state index in [0.717, 1.165) is 0 Å². The van der Waals surface area contributed by atoms with Gasteiger partial charge in [-0.3, -0.25) is 0 Å². The van der Waals surface area contributed by atoms with Gasteiger partial charge in [0, 0.05) is 6.42 Å². The van der Waals surface area contributed by atoms with Gasteiger partial charge in [0.05, 0.1) is 18.8 Å². The minimum Gasteiger partial charge on any atom is -0.403 e. The van der Waals surface area contributed by atoms with Crippen LogP contribution < -0.4 is 0 Å². The summed E-state index contributed by atoms with van der Waals surface area (Å²) >= 11 is 0. The molecule has 0 saturated carbocycles. The van der Waals surface area contributed by atoms with Crippen molar-refractivity contribution >= 4 is 7.12 Å². The Balaban J connectivity index is 2.06. The van der Waals surface area contributed by atoms with Crippen LogP contribution in [0.3, 0.4) is 0 Å². The number of fused-ring (bicyclic) bond motifs is 1. The Morgan fingerprint density at radius 2 is 2.00 bits per heavy atom. The molecule has 0 spiro atoms.